The van der Waals surface area contributed by atoms with E-state index in [9.17, 15) is 9.18 Å². The fourth-order valence-electron chi connectivity index (χ4n) is 1.64. The van der Waals surface area contributed by atoms with Gasteiger partial charge in [0, 0.05) is 10.5 Å². The van der Waals surface area contributed by atoms with Crippen molar-refractivity contribution in [2.45, 2.75) is 32.7 Å². The molecular formula is C13H18BrFN2O. The molecule has 0 aliphatic heterocycles. The molecule has 3 nitrogen and oxygen atoms in total. The van der Waals surface area contributed by atoms with Gasteiger partial charge in [0.05, 0.1) is 12.2 Å². The first-order chi connectivity index (χ1) is 8.52. The van der Waals surface area contributed by atoms with Crippen molar-refractivity contribution in [2.24, 2.45) is 0 Å². The molecule has 0 saturated carbocycles. The maximum atomic E-state index is 13.0. The molecule has 1 aromatic carbocycles. The third-order valence-corrected chi connectivity index (χ3v) is 3.19. The van der Waals surface area contributed by atoms with Crippen LogP contribution in [-0.2, 0) is 4.79 Å². The number of carbonyl (C=O) groups is 1. The maximum absolute atomic E-state index is 13.0. The summed E-state index contributed by atoms with van der Waals surface area (Å²) in [4.78, 5) is 11.6. The average molecular weight is 317 g/mol. The molecule has 1 amide bonds. The van der Waals surface area contributed by atoms with E-state index in [1.165, 1.54) is 12.1 Å². The summed E-state index contributed by atoms with van der Waals surface area (Å²) in [6.45, 7) is 4.18. The van der Waals surface area contributed by atoms with Crippen LogP contribution in [0.3, 0.4) is 0 Å². The molecule has 5 heteroatoms. The largest absolute Gasteiger partial charge is 0.375 e. The molecule has 1 atom stereocenters. The highest BCUT2D eigenvalue weighted by molar-refractivity contribution is 9.10. The summed E-state index contributed by atoms with van der Waals surface area (Å²) in [5.41, 5.74) is 0.577. The van der Waals surface area contributed by atoms with Gasteiger partial charge in [0.2, 0.25) is 5.91 Å². The lowest BCUT2D eigenvalue weighted by atomic mass is 10.2. The third kappa shape index (κ3) is 5.04. The Labute approximate surface area is 115 Å². The summed E-state index contributed by atoms with van der Waals surface area (Å²) < 4.78 is 13.8. The van der Waals surface area contributed by atoms with Crippen molar-refractivity contribution in [1.29, 1.82) is 0 Å². The summed E-state index contributed by atoms with van der Waals surface area (Å²) in [5.74, 6) is -0.424. The van der Waals surface area contributed by atoms with Crippen LogP contribution in [-0.4, -0.2) is 18.5 Å². The highest BCUT2D eigenvalue weighted by Crippen LogP contribution is 2.22. The Morgan fingerprint density at radius 1 is 1.50 bits per heavy atom. The minimum Gasteiger partial charge on any atom is -0.375 e. The Hall–Kier alpha value is -1.10. The highest BCUT2D eigenvalue weighted by Gasteiger charge is 2.07. The number of rotatable bonds is 6. The van der Waals surface area contributed by atoms with Gasteiger partial charge in [-0.2, -0.15) is 0 Å². The van der Waals surface area contributed by atoms with E-state index in [4.69, 9.17) is 0 Å². The zero-order valence-corrected chi connectivity index (χ0v) is 12.2. The van der Waals surface area contributed by atoms with Gasteiger partial charge in [0.15, 0.2) is 0 Å². The first-order valence-corrected chi connectivity index (χ1v) is 6.80. The van der Waals surface area contributed by atoms with E-state index in [1.807, 2.05) is 6.92 Å². The molecule has 0 heterocycles. The van der Waals surface area contributed by atoms with E-state index in [-0.39, 0.29) is 24.3 Å². The Morgan fingerprint density at radius 3 is 2.89 bits per heavy atom. The van der Waals surface area contributed by atoms with Crippen molar-refractivity contribution in [2.75, 3.05) is 11.9 Å². The van der Waals surface area contributed by atoms with Gasteiger partial charge in [-0.1, -0.05) is 13.3 Å². The standard InChI is InChI=1S/C13H18BrFN2O/c1-3-4-9(2)17-13(18)8-16-12-7-10(15)5-6-11(12)14/h5-7,9,16H,3-4,8H2,1-2H3,(H,17,18). The SMILES string of the molecule is CCCC(C)NC(=O)CNc1cc(F)ccc1Br. The molecule has 2 N–H and O–H groups in total. The molecule has 0 aliphatic carbocycles. The van der Waals surface area contributed by atoms with Gasteiger partial charge in [-0.25, -0.2) is 4.39 Å². The Bertz CT molecular complexity index is 412. The van der Waals surface area contributed by atoms with Gasteiger partial charge in [-0.15, -0.1) is 0 Å². The quantitative estimate of drug-likeness (QED) is 0.845. The van der Waals surface area contributed by atoms with Gasteiger partial charge in [-0.3, -0.25) is 4.79 Å². The van der Waals surface area contributed by atoms with Crippen LogP contribution in [0.15, 0.2) is 22.7 Å². The number of benzene rings is 1. The van der Waals surface area contributed by atoms with Crippen molar-refractivity contribution in [3.8, 4) is 0 Å². The van der Waals surface area contributed by atoms with E-state index < -0.39 is 0 Å². The van der Waals surface area contributed by atoms with Crippen LogP contribution < -0.4 is 10.6 Å². The van der Waals surface area contributed by atoms with Crippen LogP contribution in [0.5, 0.6) is 0 Å². The monoisotopic (exact) mass is 316 g/mol. The molecule has 100 valence electrons. The molecule has 1 unspecified atom stereocenters. The van der Waals surface area contributed by atoms with Gasteiger partial charge in [0.25, 0.3) is 0 Å². The summed E-state index contributed by atoms with van der Waals surface area (Å²) in [7, 11) is 0. The molecule has 0 radical (unpaired) electrons. The van der Waals surface area contributed by atoms with Gasteiger partial charge < -0.3 is 10.6 Å². The lowest BCUT2D eigenvalue weighted by Crippen LogP contribution is -2.36. The molecular weight excluding hydrogens is 299 g/mol. The van der Waals surface area contributed by atoms with Crippen LogP contribution in [0, 0.1) is 5.82 Å². The van der Waals surface area contributed by atoms with Crippen molar-refractivity contribution in [3.63, 3.8) is 0 Å². The minimum atomic E-state index is -0.333. The fourth-order valence-corrected chi connectivity index (χ4v) is 2.03. The summed E-state index contributed by atoms with van der Waals surface area (Å²) in [6.07, 6.45) is 1.99. The fraction of sp³-hybridized carbons (Fsp3) is 0.462. The van der Waals surface area contributed by atoms with Crippen LogP contribution in [0.2, 0.25) is 0 Å². The molecule has 0 spiro atoms. The lowest BCUT2D eigenvalue weighted by Gasteiger charge is -2.14. The predicted octanol–water partition coefficient (Wildman–Crippen LogP) is 3.30. The maximum Gasteiger partial charge on any atom is 0.239 e. The van der Waals surface area contributed by atoms with Crippen LogP contribution in [0.4, 0.5) is 10.1 Å². The van der Waals surface area contributed by atoms with Gasteiger partial charge in [0.1, 0.15) is 5.82 Å². The molecule has 1 aromatic rings. The van der Waals surface area contributed by atoms with Gasteiger partial charge >= 0.3 is 0 Å². The topological polar surface area (TPSA) is 41.1 Å². The summed E-state index contributed by atoms with van der Waals surface area (Å²) >= 11 is 3.30. The van der Waals surface area contributed by atoms with E-state index >= 15 is 0 Å². The molecule has 0 fully saturated rings. The Kier molecular flexibility index (Phi) is 6.12. The average Bonchev–Trinajstić information content (AvgIpc) is 2.30. The number of halogens is 2. The zero-order valence-electron chi connectivity index (χ0n) is 10.6. The highest BCUT2D eigenvalue weighted by atomic mass is 79.9. The van der Waals surface area contributed by atoms with Crippen molar-refractivity contribution >= 4 is 27.5 Å². The molecule has 0 saturated heterocycles. The lowest BCUT2D eigenvalue weighted by molar-refractivity contribution is -0.120. The van der Waals surface area contributed by atoms with Crippen molar-refractivity contribution in [3.05, 3.63) is 28.5 Å². The number of hydrogen-bond donors (Lipinski definition) is 2. The molecule has 0 aliphatic rings. The Balaban J connectivity index is 2.45. The van der Waals surface area contributed by atoms with E-state index in [1.54, 1.807) is 6.07 Å². The third-order valence-electron chi connectivity index (χ3n) is 2.50. The first kappa shape index (κ1) is 15.0. The second-order valence-electron chi connectivity index (χ2n) is 4.23. The van der Waals surface area contributed by atoms with Crippen LogP contribution in [0.1, 0.15) is 26.7 Å². The molecule has 0 aromatic heterocycles. The van der Waals surface area contributed by atoms with Crippen LogP contribution in [0.25, 0.3) is 0 Å². The second-order valence-corrected chi connectivity index (χ2v) is 5.09. The van der Waals surface area contributed by atoms with Gasteiger partial charge in [-0.05, 0) is 47.5 Å². The molecule has 18 heavy (non-hydrogen) atoms. The first-order valence-electron chi connectivity index (χ1n) is 6.01. The number of hydrogen-bond acceptors (Lipinski definition) is 2. The normalized spacial score (nSPS) is 12.0. The van der Waals surface area contributed by atoms with Crippen molar-refractivity contribution < 1.29 is 9.18 Å². The number of carbonyl (C=O) groups excluding carboxylic acids is 1. The van der Waals surface area contributed by atoms with E-state index in [0.717, 1.165) is 17.3 Å². The Morgan fingerprint density at radius 2 is 2.22 bits per heavy atom. The summed E-state index contributed by atoms with van der Waals surface area (Å²) in [5, 5.41) is 5.78. The summed E-state index contributed by atoms with van der Waals surface area (Å²) in [6, 6.07) is 4.49. The van der Waals surface area contributed by atoms with Crippen molar-refractivity contribution in [1.82, 2.24) is 5.32 Å². The minimum absolute atomic E-state index is 0.0906. The van der Waals surface area contributed by atoms with E-state index in [2.05, 4.69) is 33.5 Å². The molecule has 0 bridgehead atoms. The van der Waals surface area contributed by atoms with E-state index in [0.29, 0.717) is 5.69 Å². The smallest absolute Gasteiger partial charge is 0.239 e. The van der Waals surface area contributed by atoms with Crippen LogP contribution >= 0.6 is 15.9 Å². The predicted molar refractivity (Wildman–Crippen MR) is 75.1 cm³/mol. The second kappa shape index (κ2) is 7.36. The number of anilines is 1. The molecule has 1 rings (SSSR count). The number of amides is 1. The number of nitrogens with one attached hydrogen (secondary N) is 2. The zero-order chi connectivity index (χ0) is 13.5.